The van der Waals surface area contributed by atoms with Gasteiger partial charge in [0.2, 0.25) is 0 Å². The molecule has 0 heterocycles. The van der Waals surface area contributed by atoms with Gasteiger partial charge in [-0.1, -0.05) is 31.4 Å². The minimum Gasteiger partial charge on any atom is -0.0739 e. The molecule has 0 nitrogen and oxygen atoms in total. The fraction of sp³-hybridized carbons (Fsp3) is 0.833. The summed E-state index contributed by atoms with van der Waals surface area (Å²) >= 11 is 0. The molecule has 12 heavy (non-hydrogen) atoms. The maximum Gasteiger partial charge on any atom is -0.0229 e. The Morgan fingerprint density at radius 2 is 2.17 bits per heavy atom. The molecule has 0 heteroatoms. The van der Waals surface area contributed by atoms with E-state index in [1.54, 1.807) is 11.1 Å². The van der Waals surface area contributed by atoms with Crippen LogP contribution in [-0.4, -0.2) is 0 Å². The molecule has 1 aliphatic rings. The number of hydrogen-bond donors (Lipinski definition) is 0. The van der Waals surface area contributed by atoms with Gasteiger partial charge in [0.15, 0.2) is 0 Å². The highest BCUT2D eigenvalue weighted by atomic mass is 14.2. The molecule has 1 unspecified atom stereocenters. The maximum absolute atomic E-state index is 2.40. The standard InChI is InChI=1S/C12H22/c1-4-5-9-12-10(2)7-6-8-11(12)3/h10H,4-9H2,1-3H3. The lowest BCUT2D eigenvalue weighted by Gasteiger charge is -2.24. The molecule has 1 atom stereocenters. The molecule has 0 aliphatic heterocycles. The summed E-state index contributed by atoms with van der Waals surface area (Å²) in [6, 6.07) is 0. The first-order valence-corrected chi connectivity index (χ1v) is 5.44. The van der Waals surface area contributed by atoms with Gasteiger partial charge in [0, 0.05) is 0 Å². The molecule has 0 bridgehead atoms. The van der Waals surface area contributed by atoms with E-state index in [4.69, 9.17) is 0 Å². The number of unbranched alkanes of at least 4 members (excludes halogenated alkanes) is 1. The van der Waals surface area contributed by atoms with Crippen molar-refractivity contribution in [2.24, 2.45) is 5.92 Å². The van der Waals surface area contributed by atoms with Gasteiger partial charge in [0.25, 0.3) is 0 Å². The molecule has 0 fully saturated rings. The summed E-state index contributed by atoms with van der Waals surface area (Å²) in [7, 11) is 0. The molecule has 0 aromatic heterocycles. The Labute approximate surface area is 77.1 Å². The molecule has 0 saturated heterocycles. The predicted molar refractivity (Wildman–Crippen MR) is 55.2 cm³/mol. The van der Waals surface area contributed by atoms with Gasteiger partial charge in [0.1, 0.15) is 0 Å². The Morgan fingerprint density at radius 1 is 1.42 bits per heavy atom. The van der Waals surface area contributed by atoms with Crippen molar-refractivity contribution in [3.05, 3.63) is 11.1 Å². The van der Waals surface area contributed by atoms with E-state index in [2.05, 4.69) is 20.8 Å². The number of rotatable bonds is 3. The SMILES string of the molecule is CCCCC1=C(C)CCCC1C. The van der Waals surface area contributed by atoms with Crippen LogP contribution in [0.25, 0.3) is 0 Å². The van der Waals surface area contributed by atoms with Crippen LogP contribution in [0.5, 0.6) is 0 Å². The summed E-state index contributed by atoms with van der Waals surface area (Å²) in [5.41, 5.74) is 3.48. The maximum atomic E-state index is 2.40. The van der Waals surface area contributed by atoms with Gasteiger partial charge in [-0.05, 0) is 44.9 Å². The molecule has 1 rings (SSSR count). The Balaban J connectivity index is 2.55. The zero-order chi connectivity index (χ0) is 8.97. The first kappa shape index (κ1) is 9.83. The molecular formula is C12H22. The van der Waals surface area contributed by atoms with E-state index in [0.717, 1.165) is 5.92 Å². The molecule has 0 spiro atoms. The zero-order valence-corrected chi connectivity index (χ0v) is 8.82. The minimum atomic E-state index is 0.880. The molecule has 0 saturated carbocycles. The van der Waals surface area contributed by atoms with Crippen molar-refractivity contribution in [3.63, 3.8) is 0 Å². The van der Waals surface area contributed by atoms with E-state index in [9.17, 15) is 0 Å². The summed E-state index contributed by atoms with van der Waals surface area (Å²) < 4.78 is 0. The monoisotopic (exact) mass is 166 g/mol. The van der Waals surface area contributed by atoms with Crippen LogP contribution in [0.1, 0.15) is 59.3 Å². The van der Waals surface area contributed by atoms with Gasteiger partial charge < -0.3 is 0 Å². The van der Waals surface area contributed by atoms with Crippen molar-refractivity contribution in [2.75, 3.05) is 0 Å². The minimum absolute atomic E-state index is 0.880. The smallest absolute Gasteiger partial charge is 0.0229 e. The van der Waals surface area contributed by atoms with Gasteiger partial charge in [0.05, 0.1) is 0 Å². The second-order valence-corrected chi connectivity index (χ2v) is 4.20. The highest BCUT2D eigenvalue weighted by Crippen LogP contribution is 2.32. The number of allylic oxidation sites excluding steroid dienone is 2. The lowest BCUT2D eigenvalue weighted by atomic mass is 9.82. The van der Waals surface area contributed by atoms with Gasteiger partial charge in [-0.2, -0.15) is 0 Å². The van der Waals surface area contributed by atoms with Crippen LogP contribution in [0.2, 0.25) is 0 Å². The van der Waals surface area contributed by atoms with E-state index in [-0.39, 0.29) is 0 Å². The molecule has 1 aliphatic carbocycles. The summed E-state index contributed by atoms with van der Waals surface area (Å²) in [6.07, 6.45) is 8.30. The lowest BCUT2D eigenvalue weighted by molar-refractivity contribution is 0.509. The quantitative estimate of drug-likeness (QED) is 0.548. The lowest BCUT2D eigenvalue weighted by Crippen LogP contribution is -2.08. The third kappa shape index (κ3) is 2.36. The van der Waals surface area contributed by atoms with E-state index in [1.165, 1.54) is 38.5 Å². The first-order valence-electron chi connectivity index (χ1n) is 5.44. The van der Waals surface area contributed by atoms with E-state index >= 15 is 0 Å². The molecule has 0 N–H and O–H groups in total. The van der Waals surface area contributed by atoms with Crippen molar-refractivity contribution in [3.8, 4) is 0 Å². The highest BCUT2D eigenvalue weighted by molar-refractivity contribution is 5.17. The topological polar surface area (TPSA) is 0 Å². The summed E-state index contributed by atoms with van der Waals surface area (Å²) in [6.45, 7) is 7.01. The van der Waals surface area contributed by atoms with Crippen molar-refractivity contribution in [1.82, 2.24) is 0 Å². The van der Waals surface area contributed by atoms with Crippen LogP contribution >= 0.6 is 0 Å². The third-order valence-corrected chi connectivity index (χ3v) is 3.13. The van der Waals surface area contributed by atoms with Crippen LogP contribution in [0.15, 0.2) is 11.1 Å². The van der Waals surface area contributed by atoms with Crippen molar-refractivity contribution in [1.29, 1.82) is 0 Å². The summed E-state index contributed by atoms with van der Waals surface area (Å²) in [5.74, 6) is 0.880. The molecule has 0 aromatic carbocycles. The fourth-order valence-electron chi connectivity index (χ4n) is 2.26. The van der Waals surface area contributed by atoms with E-state index < -0.39 is 0 Å². The van der Waals surface area contributed by atoms with E-state index in [1.807, 2.05) is 0 Å². The second-order valence-electron chi connectivity index (χ2n) is 4.20. The largest absolute Gasteiger partial charge is 0.0739 e. The van der Waals surface area contributed by atoms with Crippen LogP contribution in [0.3, 0.4) is 0 Å². The Morgan fingerprint density at radius 3 is 2.75 bits per heavy atom. The highest BCUT2D eigenvalue weighted by Gasteiger charge is 2.15. The number of hydrogen-bond acceptors (Lipinski definition) is 0. The van der Waals surface area contributed by atoms with Crippen LogP contribution < -0.4 is 0 Å². The van der Waals surface area contributed by atoms with Gasteiger partial charge in [-0.15, -0.1) is 0 Å². The van der Waals surface area contributed by atoms with Crippen LogP contribution in [0, 0.1) is 5.92 Å². The average molecular weight is 166 g/mol. The van der Waals surface area contributed by atoms with Gasteiger partial charge in [-0.25, -0.2) is 0 Å². The van der Waals surface area contributed by atoms with Crippen molar-refractivity contribution >= 4 is 0 Å². The van der Waals surface area contributed by atoms with Gasteiger partial charge >= 0.3 is 0 Å². The average Bonchev–Trinajstić information content (AvgIpc) is 2.04. The second kappa shape index (κ2) is 4.69. The summed E-state index contributed by atoms with van der Waals surface area (Å²) in [5, 5.41) is 0. The first-order chi connectivity index (χ1) is 5.75. The molecule has 0 radical (unpaired) electrons. The third-order valence-electron chi connectivity index (χ3n) is 3.13. The van der Waals surface area contributed by atoms with Crippen molar-refractivity contribution < 1.29 is 0 Å². The zero-order valence-electron chi connectivity index (χ0n) is 8.82. The van der Waals surface area contributed by atoms with Gasteiger partial charge in [-0.3, -0.25) is 0 Å². The molecule has 0 aromatic rings. The van der Waals surface area contributed by atoms with Crippen LogP contribution in [-0.2, 0) is 0 Å². The molecular weight excluding hydrogens is 144 g/mol. The normalized spacial score (nSPS) is 24.8. The van der Waals surface area contributed by atoms with E-state index in [0.29, 0.717) is 0 Å². The molecule has 70 valence electrons. The predicted octanol–water partition coefficient (Wildman–Crippen LogP) is 4.31. The Bertz CT molecular complexity index is 165. The molecule has 0 amide bonds. The Hall–Kier alpha value is -0.260. The Kier molecular flexibility index (Phi) is 3.84. The fourth-order valence-corrected chi connectivity index (χ4v) is 2.26. The summed E-state index contributed by atoms with van der Waals surface area (Å²) in [4.78, 5) is 0. The van der Waals surface area contributed by atoms with Crippen LogP contribution in [0.4, 0.5) is 0 Å². The van der Waals surface area contributed by atoms with Crippen molar-refractivity contribution in [2.45, 2.75) is 59.3 Å².